The highest BCUT2D eigenvalue weighted by Crippen LogP contribution is 2.18. The van der Waals surface area contributed by atoms with Crippen molar-refractivity contribution in [1.29, 1.82) is 0 Å². The van der Waals surface area contributed by atoms with Crippen LogP contribution in [0.1, 0.15) is 27.9 Å². The Kier molecular flexibility index (Phi) is 5.47. The van der Waals surface area contributed by atoms with E-state index in [-0.39, 0.29) is 5.91 Å². The smallest absolute Gasteiger partial charge is 0.255 e. The predicted octanol–water partition coefficient (Wildman–Crippen LogP) is 4.70. The number of hydrogen-bond donors (Lipinski definition) is 2. The van der Waals surface area contributed by atoms with E-state index in [0.29, 0.717) is 16.9 Å². The fraction of sp³-hybridized carbons (Fsp3) is 0.136. The van der Waals surface area contributed by atoms with Gasteiger partial charge in [0.15, 0.2) is 0 Å². The van der Waals surface area contributed by atoms with Crippen molar-refractivity contribution in [2.75, 3.05) is 11.1 Å². The van der Waals surface area contributed by atoms with Crippen LogP contribution in [0.25, 0.3) is 0 Å². The highest BCUT2D eigenvalue weighted by Gasteiger charge is 2.07. The first-order chi connectivity index (χ1) is 12.2. The molecule has 3 aromatic rings. The second-order valence-electron chi connectivity index (χ2n) is 6.08. The van der Waals surface area contributed by atoms with Gasteiger partial charge in [0.05, 0.1) is 11.4 Å². The zero-order chi connectivity index (χ0) is 17.5. The second-order valence-corrected chi connectivity index (χ2v) is 6.08. The molecule has 3 nitrogen and oxygen atoms in total. The van der Waals surface area contributed by atoms with Gasteiger partial charge >= 0.3 is 0 Å². The summed E-state index contributed by atoms with van der Waals surface area (Å²) in [6.45, 7) is 0. The van der Waals surface area contributed by atoms with Crippen molar-refractivity contribution < 1.29 is 4.79 Å². The number of hydrogen-bond acceptors (Lipinski definition) is 2. The van der Waals surface area contributed by atoms with Gasteiger partial charge in [-0.15, -0.1) is 0 Å². The third kappa shape index (κ3) is 4.70. The van der Waals surface area contributed by atoms with Crippen LogP contribution < -0.4 is 11.1 Å². The number of carbonyl (C=O) groups excluding carboxylic acids is 1. The van der Waals surface area contributed by atoms with Crippen molar-refractivity contribution in [3.63, 3.8) is 0 Å². The van der Waals surface area contributed by atoms with Crippen LogP contribution in [-0.4, -0.2) is 5.91 Å². The van der Waals surface area contributed by atoms with Gasteiger partial charge in [0.1, 0.15) is 0 Å². The predicted molar refractivity (Wildman–Crippen MR) is 104 cm³/mol. The highest BCUT2D eigenvalue weighted by atomic mass is 16.1. The molecular weight excluding hydrogens is 308 g/mol. The number of nitrogens with one attached hydrogen (secondary N) is 1. The molecule has 3 aromatic carbocycles. The van der Waals surface area contributed by atoms with Crippen LogP contribution in [0.3, 0.4) is 0 Å². The number of para-hydroxylation sites is 2. The number of amides is 1. The fourth-order valence-corrected chi connectivity index (χ4v) is 2.77. The number of rotatable bonds is 6. The van der Waals surface area contributed by atoms with Gasteiger partial charge in [0.2, 0.25) is 0 Å². The van der Waals surface area contributed by atoms with Gasteiger partial charge in [-0.1, -0.05) is 54.6 Å². The van der Waals surface area contributed by atoms with Crippen LogP contribution in [0.15, 0.2) is 78.9 Å². The number of carbonyl (C=O) groups is 1. The summed E-state index contributed by atoms with van der Waals surface area (Å²) >= 11 is 0. The molecule has 3 heteroatoms. The van der Waals surface area contributed by atoms with Crippen LogP contribution in [0.2, 0.25) is 0 Å². The average molecular weight is 330 g/mol. The normalized spacial score (nSPS) is 10.4. The lowest BCUT2D eigenvalue weighted by Crippen LogP contribution is -2.13. The molecule has 0 fully saturated rings. The summed E-state index contributed by atoms with van der Waals surface area (Å²) in [5.74, 6) is -0.145. The van der Waals surface area contributed by atoms with E-state index in [1.807, 2.05) is 42.5 Å². The SMILES string of the molecule is Nc1ccccc1NC(=O)c1ccc(CCCc2ccccc2)cc1. The average Bonchev–Trinajstić information content (AvgIpc) is 2.65. The van der Waals surface area contributed by atoms with Crippen LogP contribution in [0.5, 0.6) is 0 Å². The maximum atomic E-state index is 12.3. The summed E-state index contributed by atoms with van der Waals surface area (Å²) in [6.07, 6.45) is 3.16. The van der Waals surface area contributed by atoms with E-state index in [0.717, 1.165) is 19.3 Å². The molecule has 0 aliphatic carbocycles. The molecule has 25 heavy (non-hydrogen) atoms. The molecule has 0 aliphatic rings. The van der Waals surface area contributed by atoms with Crippen molar-refractivity contribution in [2.24, 2.45) is 0 Å². The largest absolute Gasteiger partial charge is 0.397 e. The summed E-state index contributed by atoms with van der Waals surface area (Å²) in [5, 5.41) is 2.85. The summed E-state index contributed by atoms with van der Waals surface area (Å²) < 4.78 is 0. The van der Waals surface area contributed by atoms with E-state index in [1.165, 1.54) is 11.1 Å². The molecule has 0 saturated carbocycles. The zero-order valence-corrected chi connectivity index (χ0v) is 14.1. The Balaban J connectivity index is 1.54. The van der Waals surface area contributed by atoms with Crippen LogP contribution in [0, 0.1) is 0 Å². The quantitative estimate of drug-likeness (QED) is 0.644. The maximum Gasteiger partial charge on any atom is 0.255 e. The van der Waals surface area contributed by atoms with Crippen LogP contribution in [-0.2, 0) is 12.8 Å². The molecule has 0 aliphatic heterocycles. The Morgan fingerprint density at radius 3 is 2.04 bits per heavy atom. The van der Waals surface area contributed by atoms with E-state index < -0.39 is 0 Å². The molecule has 3 rings (SSSR count). The molecule has 0 atom stereocenters. The monoisotopic (exact) mass is 330 g/mol. The van der Waals surface area contributed by atoms with Gasteiger partial charge in [0, 0.05) is 5.56 Å². The van der Waals surface area contributed by atoms with Gasteiger partial charge in [-0.25, -0.2) is 0 Å². The fourth-order valence-electron chi connectivity index (χ4n) is 2.77. The molecule has 0 heterocycles. The molecule has 0 bridgehead atoms. The van der Waals surface area contributed by atoms with Crippen molar-refractivity contribution in [2.45, 2.75) is 19.3 Å². The first kappa shape index (κ1) is 16.8. The van der Waals surface area contributed by atoms with E-state index in [9.17, 15) is 4.79 Å². The number of nitrogens with two attached hydrogens (primary N) is 1. The van der Waals surface area contributed by atoms with Gasteiger partial charge in [-0.2, -0.15) is 0 Å². The second kappa shape index (κ2) is 8.15. The van der Waals surface area contributed by atoms with Gasteiger partial charge in [-0.3, -0.25) is 4.79 Å². The molecular formula is C22H22N2O. The Bertz CT molecular complexity index is 826. The summed E-state index contributed by atoms with van der Waals surface area (Å²) in [7, 11) is 0. The Morgan fingerprint density at radius 2 is 1.36 bits per heavy atom. The van der Waals surface area contributed by atoms with Crippen molar-refractivity contribution >= 4 is 17.3 Å². The van der Waals surface area contributed by atoms with E-state index in [1.54, 1.807) is 12.1 Å². The standard InChI is InChI=1S/C22H22N2O/c23-20-11-4-5-12-21(20)24-22(25)19-15-13-18(14-16-19)10-6-9-17-7-2-1-3-8-17/h1-5,7-8,11-16H,6,9-10,23H2,(H,24,25). The number of aryl methyl sites for hydroxylation is 2. The molecule has 1 amide bonds. The molecule has 126 valence electrons. The van der Waals surface area contributed by atoms with Gasteiger partial charge in [0.25, 0.3) is 5.91 Å². The lowest BCUT2D eigenvalue weighted by molar-refractivity contribution is 0.102. The van der Waals surface area contributed by atoms with Crippen molar-refractivity contribution in [1.82, 2.24) is 0 Å². The Hall–Kier alpha value is -3.07. The summed E-state index contributed by atoms with van der Waals surface area (Å²) in [5.41, 5.74) is 10.3. The lowest BCUT2D eigenvalue weighted by Gasteiger charge is -2.08. The summed E-state index contributed by atoms with van der Waals surface area (Å²) in [6, 6.07) is 25.5. The lowest BCUT2D eigenvalue weighted by atomic mass is 10.0. The summed E-state index contributed by atoms with van der Waals surface area (Å²) in [4.78, 5) is 12.3. The van der Waals surface area contributed by atoms with Crippen molar-refractivity contribution in [3.8, 4) is 0 Å². The minimum Gasteiger partial charge on any atom is -0.397 e. The molecule has 0 saturated heterocycles. The third-order valence-corrected chi connectivity index (χ3v) is 4.20. The zero-order valence-electron chi connectivity index (χ0n) is 14.1. The van der Waals surface area contributed by atoms with E-state index in [4.69, 9.17) is 5.73 Å². The highest BCUT2D eigenvalue weighted by molar-refractivity contribution is 6.05. The molecule has 0 aromatic heterocycles. The van der Waals surface area contributed by atoms with Crippen LogP contribution in [0.4, 0.5) is 11.4 Å². The topological polar surface area (TPSA) is 55.1 Å². The molecule has 0 unspecified atom stereocenters. The first-order valence-electron chi connectivity index (χ1n) is 8.51. The Labute approximate surface area is 148 Å². The molecule has 0 spiro atoms. The maximum absolute atomic E-state index is 12.3. The number of nitrogen functional groups attached to an aromatic ring is 1. The van der Waals surface area contributed by atoms with E-state index in [2.05, 4.69) is 29.6 Å². The molecule has 3 N–H and O–H groups in total. The van der Waals surface area contributed by atoms with Gasteiger partial charge < -0.3 is 11.1 Å². The van der Waals surface area contributed by atoms with Crippen molar-refractivity contribution in [3.05, 3.63) is 95.6 Å². The van der Waals surface area contributed by atoms with Crippen LogP contribution >= 0.6 is 0 Å². The van der Waals surface area contributed by atoms with Gasteiger partial charge in [-0.05, 0) is 54.7 Å². The Morgan fingerprint density at radius 1 is 0.760 bits per heavy atom. The molecule has 0 radical (unpaired) electrons. The minimum atomic E-state index is -0.145. The number of benzene rings is 3. The minimum absolute atomic E-state index is 0.145. The first-order valence-corrected chi connectivity index (χ1v) is 8.51. The van der Waals surface area contributed by atoms with E-state index >= 15 is 0 Å². The number of anilines is 2. The third-order valence-electron chi connectivity index (χ3n) is 4.20.